The highest BCUT2D eigenvalue weighted by Crippen LogP contribution is 2.34. The van der Waals surface area contributed by atoms with E-state index in [0.717, 1.165) is 82.1 Å². The molecule has 5 rings (SSSR count). The normalized spacial score (nSPS) is 20.5. The zero-order valence-electron chi connectivity index (χ0n) is 18.3. The number of piperidine rings is 1. The Bertz CT molecular complexity index is 973. The second-order valence-electron chi connectivity index (χ2n) is 9.22. The highest BCUT2D eigenvalue weighted by Gasteiger charge is 2.37. The third-order valence-electron chi connectivity index (χ3n) is 6.95. The molecule has 5 nitrogen and oxygen atoms in total. The first-order chi connectivity index (χ1) is 15.6. The van der Waals surface area contributed by atoms with E-state index >= 15 is 0 Å². The van der Waals surface area contributed by atoms with Gasteiger partial charge in [-0.15, -0.1) is 11.3 Å². The van der Waals surface area contributed by atoms with E-state index in [4.69, 9.17) is 11.6 Å². The molecule has 3 fully saturated rings. The van der Waals surface area contributed by atoms with Crippen LogP contribution in [0.5, 0.6) is 0 Å². The highest BCUT2D eigenvalue weighted by molar-refractivity contribution is 7.15. The van der Waals surface area contributed by atoms with Crippen LogP contribution in [-0.4, -0.2) is 65.8 Å². The average Bonchev–Trinajstić information content (AvgIpc) is 3.58. The smallest absolute Gasteiger partial charge is 0.225 e. The van der Waals surface area contributed by atoms with Crippen molar-refractivity contribution in [2.24, 2.45) is 11.8 Å². The van der Waals surface area contributed by atoms with Crippen LogP contribution in [-0.2, 0) is 16.1 Å². The van der Waals surface area contributed by atoms with Crippen LogP contribution in [0.3, 0.4) is 0 Å². The molecule has 2 amide bonds. The lowest BCUT2D eigenvalue weighted by atomic mass is 9.94. The van der Waals surface area contributed by atoms with Gasteiger partial charge in [-0.1, -0.05) is 29.8 Å². The topological polar surface area (TPSA) is 43.9 Å². The maximum atomic E-state index is 13.0. The summed E-state index contributed by atoms with van der Waals surface area (Å²) < 4.78 is 0. The molecule has 0 atom stereocenters. The lowest BCUT2D eigenvalue weighted by Crippen LogP contribution is -2.51. The molecule has 32 heavy (non-hydrogen) atoms. The van der Waals surface area contributed by atoms with Gasteiger partial charge in [0.1, 0.15) is 0 Å². The molecule has 1 aromatic carbocycles. The van der Waals surface area contributed by atoms with E-state index in [0.29, 0.717) is 11.8 Å². The molecular weight excluding hydrogens is 442 g/mol. The fraction of sp³-hybridized carbons (Fsp3) is 0.520. The number of nitrogens with zero attached hydrogens (tertiary/aromatic N) is 3. The molecule has 0 radical (unpaired) electrons. The predicted octanol–water partition coefficient (Wildman–Crippen LogP) is 4.36. The predicted molar refractivity (Wildman–Crippen MR) is 129 cm³/mol. The summed E-state index contributed by atoms with van der Waals surface area (Å²) in [5.74, 6) is 0.968. The van der Waals surface area contributed by atoms with Gasteiger partial charge in [-0.3, -0.25) is 14.5 Å². The minimum Gasteiger partial charge on any atom is -0.342 e. The van der Waals surface area contributed by atoms with Crippen molar-refractivity contribution in [3.05, 3.63) is 46.3 Å². The van der Waals surface area contributed by atoms with Gasteiger partial charge in [-0.05, 0) is 43.9 Å². The molecule has 2 aliphatic heterocycles. The molecule has 1 saturated carbocycles. The Morgan fingerprint density at radius 2 is 1.44 bits per heavy atom. The molecule has 0 unspecified atom stereocenters. The number of carbonyl (C=O) groups is 2. The molecule has 2 aromatic rings. The Morgan fingerprint density at radius 1 is 0.812 bits per heavy atom. The van der Waals surface area contributed by atoms with Gasteiger partial charge in [0.15, 0.2) is 0 Å². The minimum atomic E-state index is 0.0836. The number of amides is 2. The Morgan fingerprint density at radius 3 is 2.09 bits per heavy atom. The zero-order chi connectivity index (χ0) is 22.1. The number of thiophene rings is 1. The van der Waals surface area contributed by atoms with Crippen molar-refractivity contribution in [1.82, 2.24) is 14.7 Å². The van der Waals surface area contributed by atoms with Crippen LogP contribution in [0.25, 0.3) is 10.4 Å². The molecule has 2 saturated heterocycles. The average molecular weight is 472 g/mol. The Hall–Kier alpha value is -1.89. The number of hydrogen-bond acceptors (Lipinski definition) is 4. The molecule has 7 heteroatoms. The summed E-state index contributed by atoms with van der Waals surface area (Å²) in [6.07, 6.45) is 3.73. The van der Waals surface area contributed by atoms with E-state index in [9.17, 15) is 9.59 Å². The lowest BCUT2D eigenvalue weighted by Gasteiger charge is -2.38. The lowest BCUT2D eigenvalue weighted by molar-refractivity contribution is -0.142. The monoisotopic (exact) mass is 471 g/mol. The number of rotatable bonds is 5. The number of piperazine rings is 1. The summed E-state index contributed by atoms with van der Waals surface area (Å²) in [4.78, 5) is 34.3. The molecule has 0 bridgehead atoms. The zero-order valence-corrected chi connectivity index (χ0v) is 19.9. The van der Waals surface area contributed by atoms with Crippen molar-refractivity contribution in [2.45, 2.75) is 32.2 Å². The highest BCUT2D eigenvalue weighted by atomic mass is 35.5. The molecule has 3 aliphatic rings. The van der Waals surface area contributed by atoms with Crippen molar-refractivity contribution in [3.8, 4) is 10.4 Å². The van der Waals surface area contributed by atoms with E-state index in [1.165, 1.54) is 9.75 Å². The number of benzene rings is 1. The van der Waals surface area contributed by atoms with Crippen molar-refractivity contribution < 1.29 is 9.59 Å². The maximum absolute atomic E-state index is 13.0. The molecular formula is C25H30ClN3O2S. The number of hydrogen-bond donors (Lipinski definition) is 0. The van der Waals surface area contributed by atoms with Gasteiger partial charge in [0.25, 0.3) is 0 Å². The van der Waals surface area contributed by atoms with Crippen LogP contribution in [0, 0.1) is 11.8 Å². The maximum Gasteiger partial charge on any atom is 0.225 e. The quantitative estimate of drug-likeness (QED) is 0.650. The first-order valence-electron chi connectivity index (χ1n) is 11.7. The summed E-state index contributed by atoms with van der Waals surface area (Å²) in [6, 6.07) is 12.3. The third kappa shape index (κ3) is 4.87. The van der Waals surface area contributed by atoms with E-state index in [2.05, 4.69) is 23.1 Å². The van der Waals surface area contributed by atoms with E-state index in [-0.39, 0.29) is 11.8 Å². The summed E-state index contributed by atoms with van der Waals surface area (Å²) in [6.45, 7) is 5.81. The number of likely N-dealkylation sites (tertiary alicyclic amines) is 1. The van der Waals surface area contributed by atoms with Crippen molar-refractivity contribution in [3.63, 3.8) is 0 Å². The van der Waals surface area contributed by atoms with E-state index in [1.807, 2.05) is 28.0 Å². The van der Waals surface area contributed by atoms with Crippen molar-refractivity contribution in [2.75, 3.05) is 39.3 Å². The molecule has 170 valence electrons. The Kier molecular flexibility index (Phi) is 6.54. The molecule has 0 N–H and O–H groups in total. The van der Waals surface area contributed by atoms with Crippen LogP contribution < -0.4 is 0 Å². The third-order valence-corrected chi connectivity index (χ3v) is 8.38. The van der Waals surface area contributed by atoms with Gasteiger partial charge in [-0.2, -0.15) is 0 Å². The van der Waals surface area contributed by atoms with Gasteiger partial charge in [-0.25, -0.2) is 0 Å². The van der Waals surface area contributed by atoms with Crippen LogP contribution >= 0.6 is 22.9 Å². The number of carbonyl (C=O) groups excluding carboxylic acids is 2. The first kappa shape index (κ1) is 21.9. The van der Waals surface area contributed by atoms with Gasteiger partial charge >= 0.3 is 0 Å². The molecule has 3 heterocycles. The van der Waals surface area contributed by atoms with Crippen molar-refractivity contribution >= 4 is 34.8 Å². The number of halogens is 1. The fourth-order valence-electron chi connectivity index (χ4n) is 4.81. The summed E-state index contributed by atoms with van der Waals surface area (Å²) in [7, 11) is 0. The van der Waals surface area contributed by atoms with E-state index < -0.39 is 0 Å². The summed E-state index contributed by atoms with van der Waals surface area (Å²) in [5.41, 5.74) is 1.09. The Labute approximate surface area is 198 Å². The largest absolute Gasteiger partial charge is 0.342 e. The van der Waals surface area contributed by atoms with Crippen LogP contribution in [0.2, 0.25) is 5.02 Å². The summed E-state index contributed by atoms with van der Waals surface area (Å²) >= 11 is 8.14. The van der Waals surface area contributed by atoms with Gasteiger partial charge < -0.3 is 9.80 Å². The van der Waals surface area contributed by atoms with Gasteiger partial charge in [0.2, 0.25) is 11.8 Å². The van der Waals surface area contributed by atoms with Gasteiger partial charge in [0, 0.05) is 78.0 Å². The first-order valence-corrected chi connectivity index (χ1v) is 12.9. The van der Waals surface area contributed by atoms with Crippen LogP contribution in [0.15, 0.2) is 36.4 Å². The molecule has 1 aliphatic carbocycles. The van der Waals surface area contributed by atoms with Crippen LogP contribution in [0.4, 0.5) is 0 Å². The second-order valence-corrected chi connectivity index (χ2v) is 10.8. The van der Waals surface area contributed by atoms with Crippen LogP contribution in [0.1, 0.15) is 30.6 Å². The Balaban J connectivity index is 1.09. The molecule has 1 aromatic heterocycles. The second kappa shape index (κ2) is 9.54. The summed E-state index contributed by atoms with van der Waals surface area (Å²) in [5, 5.41) is 0.788. The fourth-order valence-corrected chi connectivity index (χ4v) is 6.19. The molecule has 0 spiro atoms. The SMILES string of the molecule is O=C(C1CC1)N1CCC(C(=O)N2CCN(Cc3ccc(-c4ccccc4Cl)s3)CC2)CC1. The minimum absolute atomic E-state index is 0.0836. The van der Waals surface area contributed by atoms with E-state index in [1.54, 1.807) is 11.3 Å². The van der Waals surface area contributed by atoms with Gasteiger partial charge in [0.05, 0.1) is 0 Å². The van der Waals surface area contributed by atoms with Crippen molar-refractivity contribution in [1.29, 1.82) is 0 Å². The standard InChI is InChI=1S/C25H30ClN3O2S/c26-22-4-2-1-3-21(22)23-8-7-20(32-23)17-27-13-15-29(16-14-27)25(31)19-9-11-28(12-10-19)24(30)18-5-6-18/h1-4,7-8,18-19H,5-6,9-17H2.